The molecule has 0 amide bonds. The second kappa shape index (κ2) is 10.5. The highest BCUT2D eigenvalue weighted by Crippen LogP contribution is 2.29. The lowest BCUT2D eigenvalue weighted by atomic mass is 10.1. The second-order valence-electron chi connectivity index (χ2n) is 10.7. The van der Waals surface area contributed by atoms with Gasteiger partial charge >= 0.3 is 0 Å². The van der Waals surface area contributed by atoms with E-state index in [1.54, 1.807) is 23.5 Å². The molecular weight excluding hydrogens is 512 g/mol. The number of anilines is 1. The zero-order valence-corrected chi connectivity index (χ0v) is 22.8. The van der Waals surface area contributed by atoms with Gasteiger partial charge in [-0.15, -0.1) is 0 Å². The average Bonchev–Trinajstić information content (AvgIpc) is 3.65. The van der Waals surface area contributed by atoms with Crippen molar-refractivity contribution >= 4 is 34.4 Å². The van der Waals surface area contributed by atoms with Crippen molar-refractivity contribution in [3.8, 4) is 11.5 Å². The number of nitrogens with zero attached hydrogens (tertiary/aromatic N) is 7. The molecule has 11 heteroatoms. The summed E-state index contributed by atoms with van der Waals surface area (Å²) in [5, 5.41) is 9.40. The van der Waals surface area contributed by atoms with Crippen molar-refractivity contribution in [3.63, 3.8) is 0 Å². The highest BCUT2D eigenvalue weighted by Gasteiger charge is 2.37. The molecule has 0 aromatic carbocycles. The first-order valence-electron chi connectivity index (χ1n) is 13.5. The Balaban J connectivity index is 1.32. The van der Waals surface area contributed by atoms with Gasteiger partial charge in [0.25, 0.3) is 5.92 Å². The molecule has 0 saturated carbocycles. The summed E-state index contributed by atoms with van der Waals surface area (Å²) in [6.07, 6.45) is 11.0. The monoisotopic (exact) mass is 545 g/mol. The second-order valence-corrected chi connectivity index (χ2v) is 10.7. The number of pyridine rings is 2. The summed E-state index contributed by atoms with van der Waals surface area (Å²) in [6.45, 7) is 10.6. The minimum absolute atomic E-state index is 0.102. The normalized spacial score (nSPS) is 19.2. The van der Waals surface area contributed by atoms with Crippen LogP contribution in [-0.4, -0.2) is 92.2 Å². The number of nitrogens with one attached hydrogen (secondary N) is 2. The first kappa shape index (κ1) is 26.3. The molecule has 0 spiro atoms. The van der Waals surface area contributed by atoms with E-state index in [4.69, 9.17) is 4.98 Å². The molecule has 2 aliphatic heterocycles. The van der Waals surface area contributed by atoms with Crippen molar-refractivity contribution in [3.05, 3.63) is 59.1 Å². The van der Waals surface area contributed by atoms with Gasteiger partial charge in [-0.25, -0.2) is 13.8 Å². The summed E-state index contributed by atoms with van der Waals surface area (Å²) in [5.74, 6) is -1.98. The molecule has 0 bridgehead atoms. The molecular formula is C29H33F2N9. The van der Waals surface area contributed by atoms with E-state index in [1.807, 2.05) is 31.3 Å². The number of likely N-dealkylation sites (tertiary alicyclic amines) is 1. The molecule has 6 rings (SSSR count). The molecule has 4 aromatic heterocycles. The predicted molar refractivity (Wildman–Crippen MR) is 153 cm³/mol. The van der Waals surface area contributed by atoms with Crippen LogP contribution in [0.25, 0.3) is 40.3 Å². The minimum Gasteiger partial charge on any atom is -0.366 e. The van der Waals surface area contributed by atoms with Crippen molar-refractivity contribution in [1.82, 2.24) is 39.9 Å². The first-order chi connectivity index (χ1) is 19.3. The molecule has 0 aliphatic carbocycles. The van der Waals surface area contributed by atoms with E-state index >= 15 is 0 Å². The highest BCUT2D eigenvalue weighted by atomic mass is 19.3. The number of hydrogen-bond acceptors (Lipinski definition) is 7. The van der Waals surface area contributed by atoms with Gasteiger partial charge in [-0.05, 0) is 42.8 Å². The molecule has 6 heterocycles. The number of halogens is 2. The molecule has 40 heavy (non-hydrogen) atoms. The minimum atomic E-state index is -2.62. The van der Waals surface area contributed by atoms with Gasteiger partial charge in [0.1, 0.15) is 11.2 Å². The third kappa shape index (κ3) is 5.26. The lowest BCUT2D eigenvalue weighted by molar-refractivity contribution is 0.0115. The Kier molecular flexibility index (Phi) is 6.93. The Hall–Kier alpha value is -3.96. The summed E-state index contributed by atoms with van der Waals surface area (Å²) < 4.78 is 27.3. The standard InChI is InChI=1S/C29H33F2N9/c1-4-23-22(11-19(2)21-12-20(13-32-14-21)17-39-6-5-29(30,31)18-39)26(37-36-23)28-34-24-15-33-16-25(27(24)35-28)40-9-7-38(3)8-10-40/h4,11-16,36H,2,5-10,17-18H2,1,3H3,(H,34,35)/b22-11+,23-4+. The van der Waals surface area contributed by atoms with E-state index < -0.39 is 5.92 Å². The van der Waals surface area contributed by atoms with E-state index in [0.29, 0.717) is 24.6 Å². The number of imidazole rings is 1. The van der Waals surface area contributed by atoms with Crippen molar-refractivity contribution < 1.29 is 8.78 Å². The first-order valence-corrected chi connectivity index (χ1v) is 13.5. The number of piperazine rings is 1. The summed E-state index contributed by atoms with van der Waals surface area (Å²) in [5.41, 5.74) is 5.85. The summed E-state index contributed by atoms with van der Waals surface area (Å²) in [6, 6.07) is 1.96. The van der Waals surface area contributed by atoms with Crippen LogP contribution in [0.5, 0.6) is 0 Å². The van der Waals surface area contributed by atoms with Crippen LogP contribution in [0.1, 0.15) is 24.5 Å². The van der Waals surface area contributed by atoms with Gasteiger partial charge < -0.3 is 14.8 Å². The molecule has 2 aliphatic rings. The van der Waals surface area contributed by atoms with Crippen LogP contribution in [0.15, 0.2) is 37.4 Å². The SMILES string of the molecule is C=C(/C=c1/c(-c2nc3c(N4CCN(C)CC4)cncc3[nH]2)n[nH]/c1=C/C)c1cncc(CN2CCC(F)(F)C2)c1. The fourth-order valence-electron chi connectivity index (χ4n) is 5.43. The third-order valence-corrected chi connectivity index (χ3v) is 7.70. The molecule has 0 radical (unpaired) electrons. The van der Waals surface area contributed by atoms with Crippen LogP contribution in [0.2, 0.25) is 0 Å². The van der Waals surface area contributed by atoms with Crippen LogP contribution < -0.4 is 15.5 Å². The number of aromatic nitrogens is 6. The number of fused-ring (bicyclic) bond motifs is 1. The maximum Gasteiger partial charge on any atom is 0.261 e. The number of alkyl halides is 2. The van der Waals surface area contributed by atoms with E-state index in [0.717, 1.165) is 70.2 Å². The highest BCUT2D eigenvalue weighted by molar-refractivity contribution is 5.91. The Labute approximate surface area is 230 Å². The summed E-state index contributed by atoms with van der Waals surface area (Å²) in [4.78, 5) is 23.6. The Bertz CT molecular complexity index is 1660. The van der Waals surface area contributed by atoms with Crippen LogP contribution in [-0.2, 0) is 6.54 Å². The number of allylic oxidation sites excluding steroid dienone is 1. The zero-order chi connectivity index (χ0) is 27.9. The van der Waals surface area contributed by atoms with Gasteiger partial charge in [-0.2, -0.15) is 5.10 Å². The maximum absolute atomic E-state index is 13.7. The molecule has 0 atom stereocenters. The third-order valence-electron chi connectivity index (χ3n) is 7.70. The summed E-state index contributed by atoms with van der Waals surface area (Å²) >= 11 is 0. The van der Waals surface area contributed by atoms with Gasteiger partial charge in [-0.3, -0.25) is 20.0 Å². The van der Waals surface area contributed by atoms with Gasteiger partial charge in [-0.1, -0.05) is 12.7 Å². The lowest BCUT2D eigenvalue weighted by Gasteiger charge is -2.33. The molecule has 0 unspecified atom stereocenters. The number of hydrogen-bond donors (Lipinski definition) is 2. The topological polar surface area (TPSA) is 92.9 Å². The molecule has 2 N–H and O–H groups in total. The molecule has 2 fully saturated rings. The van der Waals surface area contributed by atoms with E-state index in [1.165, 1.54) is 0 Å². The summed E-state index contributed by atoms with van der Waals surface area (Å²) in [7, 11) is 2.13. The van der Waals surface area contributed by atoms with Gasteiger partial charge in [0, 0.05) is 63.3 Å². The zero-order valence-electron chi connectivity index (χ0n) is 22.8. The predicted octanol–water partition coefficient (Wildman–Crippen LogP) is 2.63. The average molecular weight is 546 g/mol. The largest absolute Gasteiger partial charge is 0.366 e. The maximum atomic E-state index is 13.7. The quantitative estimate of drug-likeness (QED) is 0.385. The van der Waals surface area contributed by atoms with E-state index in [9.17, 15) is 8.78 Å². The van der Waals surface area contributed by atoms with E-state index in [2.05, 4.69) is 48.6 Å². The van der Waals surface area contributed by atoms with Crippen LogP contribution >= 0.6 is 0 Å². The van der Waals surface area contributed by atoms with Crippen molar-refractivity contribution in [2.75, 3.05) is 51.2 Å². The van der Waals surface area contributed by atoms with Gasteiger partial charge in [0.2, 0.25) is 0 Å². The molecule has 208 valence electrons. The molecule has 9 nitrogen and oxygen atoms in total. The Morgan fingerprint density at radius 2 is 1.90 bits per heavy atom. The number of likely N-dealkylation sites (N-methyl/N-ethyl adjacent to an activating group) is 1. The number of H-pyrrole nitrogens is 2. The smallest absolute Gasteiger partial charge is 0.261 e. The number of rotatable bonds is 6. The van der Waals surface area contributed by atoms with Crippen molar-refractivity contribution in [1.29, 1.82) is 0 Å². The van der Waals surface area contributed by atoms with Crippen LogP contribution in [0.4, 0.5) is 14.5 Å². The van der Waals surface area contributed by atoms with Crippen LogP contribution in [0, 0.1) is 0 Å². The Morgan fingerprint density at radius 3 is 2.65 bits per heavy atom. The van der Waals surface area contributed by atoms with Crippen LogP contribution in [0.3, 0.4) is 0 Å². The van der Waals surface area contributed by atoms with Gasteiger partial charge in [0.05, 0.1) is 35.5 Å². The van der Waals surface area contributed by atoms with Gasteiger partial charge in [0.15, 0.2) is 5.82 Å². The molecule has 2 saturated heterocycles. The Morgan fingerprint density at radius 1 is 1.10 bits per heavy atom. The van der Waals surface area contributed by atoms with Crippen molar-refractivity contribution in [2.24, 2.45) is 0 Å². The van der Waals surface area contributed by atoms with E-state index in [-0.39, 0.29) is 13.0 Å². The fraction of sp³-hybridized carbons (Fsp3) is 0.379. The fourth-order valence-corrected chi connectivity index (χ4v) is 5.43. The lowest BCUT2D eigenvalue weighted by Crippen LogP contribution is -2.44. The van der Waals surface area contributed by atoms with Crippen molar-refractivity contribution in [2.45, 2.75) is 25.8 Å². The molecule has 4 aromatic rings. The number of aromatic amines is 2.